The zero-order valence-electron chi connectivity index (χ0n) is 17.2. The van der Waals surface area contributed by atoms with E-state index < -0.39 is 15.8 Å². The molecule has 0 heterocycles. The van der Waals surface area contributed by atoms with Crippen LogP contribution in [0.5, 0.6) is 5.75 Å². The predicted molar refractivity (Wildman–Crippen MR) is 128 cm³/mol. The van der Waals surface area contributed by atoms with Gasteiger partial charge in [0.25, 0.3) is 0 Å². The first kappa shape index (κ1) is 26.1. The van der Waals surface area contributed by atoms with Gasteiger partial charge in [-0.2, -0.15) is 0 Å². The number of halogens is 2. The van der Waals surface area contributed by atoms with Crippen LogP contribution in [0.4, 0.5) is 4.39 Å². The molecular weight excluding hydrogens is 522 g/mol. The summed E-state index contributed by atoms with van der Waals surface area (Å²) in [7, 11) is -1.95. The molecule has 0 saturated carbocycles. The lowest BCUT2D eigenvalue weighted by molar-refractivity contribution is 0.214. The van der Waals surface area contributed by atoms with Crippen molar-refractivity contribution in [2.24, 2.45) is 4.99 Å². The van der Waals surface area contributed by atoms with Crippen LogP contribution in [0.15, 0.2) is 58.4 Å². The molecule has 0 aliphatic rings. The van der Waals surface area contributed by atoms with Crippen LogP contribution in [0.2, 0.25) is 0 Å². The van der Waals surface area contributed by atoms with Gasteiger partial charge < -0.3 is 15.4 Å². The summed E-state index contributed by atoms with van der Waals surface area (Å²) in [5.74, 6) is 0.265. The molecule has 0 bridgehead atoms. The molecule has 7 nitrogen and oxygen atoms in total. The second-order valence-corrected chi connectivity index (χ2v) is 8.22. The number of benzene rings is 2. The van der Waals surface area contributed by atoms with E-state index in [1.807, 2.05) is 13.8 Å². The van der Waals surface area contributed by atoms with Crippen molar-refractivity contribution >= 4 is 40.0 Å². The number of hydrogen-bond acceptors (Lipinski definition) is 4. The van der Waals surface area contributed by atoms with E-state index in [0.29, 0.717) is 19.0 Å². The maximum atomic E-state index is 13.6. The lowest BCUT2D eigenvalue weighted by atomic mass is 10.2. The summed E-state index contributed by atoms with van der Waals surface area (Å²) >= 11 is 0. The van der Waals surface area contributed by atoms with E-state index in [-0.39, 0.29) is 47.3 Å². The molecule has 0 aromatic heterocycles. The minimum Gasteiger partial charge on any atom is -0.486 e. The van der Waals surface area contributed by atoms with Crippen LogP contribution >= 0.6 is 24.0 Å². The van der Waals surface area contributed by atoms with Crippen LogP contribution in [0.1, 0.15) is 12.5 Å². The van der Waals surface area contributed by atoms with Gasteiger partial charge in [0.15, 0.2) is 17.5 Å². The van der Waals surface area contributed by atoms with Crippen LogP contribution < -0.4 is 20.1 Å². The number of aliphatic imine (C=N–C) groups is 1. The average molecular weight is 550 g/mol. The van der Waals surface area contributed by atoms with Gasteiger partial charge in [-0.3, -0.25) is 4.99 Å². The van der Waals surface area contributed by atoms with Crippen molar-refractivity contribution in [1.82, 2.24) is 15.4 Å². The predicted octanol–water partition coefficient (Wildman–Crippen LogP) is 2.66. The number of guanidine groups is 1. The number of ether oxygens (including phenoxy) is 1. The van der Waals surface area contributed by atoms with E-state index >= 15 is 0 Å². The van der Waals surface area contributed by atoms with Crippen LogP contribution in [-0.4, -0.2) is 47.2 Å². The van der Waals surface area contributed by atoms with E-state index in [1.165, 1.54) is 6.07 Å². The Morgan fingerprint density at radius 2 is 1.77 bits per heavy atom. The fourth-order valence-electron chi connectivity index (χ4n) is 2.43. The van der Waals surface area contributed by atoms with Crippen molar-refractivity contribution in [3.8, 4) is 5.75 Å². The highest BCUT2D eigenvalue weighted by Gasteiger charge is 2.13. The topological polar surface area (TPSA) is 91.8 Å². The van der Waals surface area contributed by atoms with E-state index in [4.69, 9.17) is 4.74 Å². The molecule has 2 rings (SSSR count). The Bertz CT molecular complexity index is 924. The summed E-state index contributed by atoms with van der Waals surface area (Å²) in [6, 6.07) is 12.9. The highest BCUT2D eigenvalue weighted by molar-refractivity contribution is 14.0. The van der Waals surface area contributed by atoms with Crippen LogP contribution in [0, 0.1) is 12.7 Å². The largest absolute Gasteiger partial charge is 0.486 e. The average Bonchev–Trinajstić information content (AvgIpc) is 2.69. The first-order chi connectivity index (χ1) is 13.8. The molecule has 166 valence electrons. The summed E-state index contributed by atoms with van der Waals surface area (Å²) in [5.41, 5.74) is 0.994. The minimum absolute atomic E-state index is 0. The number of aryl methyl sites for hydroxylation is 1. The lowest BCUT2D eigenvalue weighted by Crippen LogP contribution is -2.44. The van der Waals surface area contributed by atoms with E-state index in [2.05, 4.69) is 20.3 Å². The van der Waals surface area contributed by atoms with Gasteiger partial charge in [-0.1, -0.05) is 29.8 Å². The quantitative estimate of drug-likeness (QED) is 0.193. The Labute approximate surface area is 194 Å². The monoisotopic (exact) mass is 550 g/mol. The van der Waals surface area contributed by atoms with E-state index in [0.717, 1.165) is 5.56 Å². The number of nitrogens with zero attached hydrogens (tertiary/aromatic N) is 1. The standard InChI is InChI=1S/C20H27FN4O3S.HI/c1-15-8-10-17(11-9-15)29(26,27)25-13-12-23-20(22-3)24-14-16(2)28-19-7-5-4-6-18(19)21;/h4-11,16,25H,12-14H2,1-3H3,(H2,22,23,24);1H. The molecule has 10 heteroatoms. The molecule has 0 aliphatic carbocycles. The third kappa shape index (κ3) is 8.44. The maximum Gasteiger partial charge on any atom is 0.240 e. The smallest absolute Gasteiger partial charge is 0.240 e. The number of sulfonamides is 1. The van der Waals surface area contributed by atoms with E-state index in [1.54, 1.807) is 49.5 Å². The number of para-hydroxylation sites is 1. The minimum atomic E-state index is -3.55. The summed E-state index contributed by atoms with van der Waals surface area (Å²) < 4.78 is 46.2. The molecule has 0 radical (unpaired) electrons. The van der Waals surface area contributed by atoms with Gasteiger partial charge >= 0.3 is 0 Å². The van der Waals surface area contributed by atoms with Crippen LogP contribution in [-0.2, 0) is 10.0 Å². The second-order valence-electron chi connectivity index (χ2n) is 6.45. The van der Waals surface area contributed by atoms with Crippen LogP contribution in [0.3, 0.4) is 0 Å². The van der Waals surface area contributed by atoms with Crippen molar-refractivity contribution in [2.75, 3.05) is 26.7 Å². The Balaban J connectivity index is 0.00000450. The Hall–Kier alpha value is -1.92. The van der Waals surface area contributed by atoms with E-state index in [9.17, 15) is 12.8 Å². The van der Waals surface area contributed by atoms with Gasteiger partial charge in [0.05, 0.1) is 11.4 Å². The number of nitrogens with one attached hydrogen (secondary N) is 3. The molecule has 0 aliphatic heterocycles. The Morgan fingerprint density at radius 1 is 1.10 bits per heavy atom. The molecule has 1 atom stereocenters. The SMILES string of the molecule is CN=C(NCCNS(=O)(=O)c1ccc(C)cc1)NCC(C)Oc1ccccc1F.I. The third-order valence-corrected chi connectivity index (χ3v) is 5.46. The summed E-state index contributed by atoms with van der Waals surface area (Å²) in [5, 5.41) is 6.07. The molecule has 2 aromatic carbocycles. The Morgan fingerprint density at radius 3 is 2.40 bits per heavy atom. The van der Waals surface area contributed by atoms with Crippen molar-refractivity contribution in [3.63, 3.8) is 0 Å². The van der Waals surface area contributed by atoms with Gasteiger partial charge in [0, 0.05) is 20.1 Å². The fourth-order valence-corrected chi connectivity index (χ4v) is 3.46. The fraction of sp³-hybridized carbons (Fsp3) is 0.350. The highest BCUT2D eigenvalue weighted by Crippen LogP contribution is 2.16. The van der Waals surface area contributed by atoms with Gasteiger partial charge in [0.2, 0.25) is 10.0 Å². The number of hydrogen-bond donors (Lipinski definition) is 3. The maximum absolute atomic E-state index is 13.6. The van der Waals surface area contributed by atoms with Gasteiger partial charge in [0.1, 0.15) is 6.10 Å². The summed E-state index contributed by atoms with van der Waals surface area (Å²) in [6.45, 7) is 4.63. The molecule has 0 saturated heterocycles. The first-order valence-corrected chi connectivity index (χ1v) is 10.7. The third-order valence-electron chi connectivity index (χ3n) is 3.99. The van der Waals surface area contributed by atoms with Gasteiger partial charge in [-0.15, -0.1) is 24.0 Å². The van der Waals surface area contributed by atoms with Crippen molar-refractivity contribution in [3.05, 3.63) is 59.9 Å². The summed E-state index contributed by atoms with van der Waals surface area (Å²) in [4.78, 5) is 4.30. The van der Waals surface area contributed by atoms with Gasteiger partial charge in [-0.05, 0) is 38.1 Å². The zero-order chi connectivity index (χ0) is 21.3. The van der Waals surface area contributed by atoms with Gasteiger partial charge in [-0.25, -0.2) is 17.5 Å². The lowest BCUT2D eigenvalue weighted by Gasteiger charge is -2.18. The molecule has 0 spiro atoms. The molecule has 30 heavy (non-hydrogen) atoms. The molecule has 1 unspecified atom stereocenters. The summed E-state index contributed by atoms with van der Waals surface area (Å²) in [6.07, 6.45) is -0.300. The molecule has 3 N–H and O–H groups in total. The normalized spacial score (nSPS) is 12.6. The van der Waals surface area contributed by atoms with Crippen molar-refractivity contribution < 1.29 is 17.5 Å². The number of rotatable bonds is 9. The van der Waals surface area contributed by atoms with Crippen molar-refractivity contribution in [1.29, 1.82) is 0 Å². The molecule has 0 amide bonds. The van der Waals surface area contributed by atoms with Crippen LogP contribution in [0.25, 0.3) is 0 Å². The molecule has 0 fully saturated rings. The second kappa shape index (κ2) is 12.7. The molecule has 2 aromatic rings. The highest BCUT2D eigenvalue weighted by atomic mass is 127. The first-order valence-electron chi connectivity index (χ1n) is 9.24. The Kier molecular flexibility index (Phi) is 11.1. The molecular formula is C20H28FIN4O3S. The van der Waals surface area contributed by atoms with Crippen molar-refractivity contribution in [2.45, 2.75) is 24.8 Å². The zero-order valence-corrected chi connectivity index (χ0v) is 20.3.